The molecule has 0 aromatic heterocycles. The number of amides is 1. The summed E-state index contributed by atoms with van der Waals surface area (Å²) in [5.74, 6) is 0.109. The second kappa shape index (κ2) is 6.26. The zero-order valence-electron chi connectivity index (χ0n) is 12.3. The molecular formula is C14H27N3O2. The molecule has 0 radical (unpaired) electrons. The monoisotopic (exact) mass is 269 g/mol. The number of rotatable bonds is 3. The Bertz CT molecular complexity index is 337. The number of nitrogens with one attached hydrogen (secondary N) is 1. The predicted molar refractivity (Wildman–Crippen MR) is 76.1 cm³/mol. The lowest BCUT2D eigenvalue weighted by atomic mass is 9.86. The summed E-state index contributed by atoms with van der Waals surface area (Å²) in [6.07, 6.45) is 6.19. The van der Waals surface area contributed by atoms with Crippen molar-refractivity contribution in [3.63, 3.8) is 0 Å². The smallest absolute Gasteiger partial charge is 0.221 e. The van der Waals surface area contributed by atoms with Crippen molar-refractivity contribution in [1.82, 2.24) is 5.32 Å². The molecule has 1 saturated carbocycles. The first kappa shape index (κ1) is 15.8. The molecule has 4 N–H and O–H groups in total. The van der Waals surface area contributed by atoms with Crippen LogP contribution >= 0.6 is 0 Å². The normalized spacial score (nSPS) is 20.7. The molecule has 110 valence electrons. The van der Waals surface area contributed by atoms with Gasteiger partial charge in [-0.2, -0.15) is 0 Å². The maximum Gasteiger partial charge on any atom is 0.221 e. The molecule has 0 spiro atoms. The van der Waals surface area contributed by atoms with Gasteiger partial charge in [-0.05, 0) is 18.3 Å². The highest BCUT2D eigenvalue weighted by atomic mass is 16.4. The second-order valence-electron chi connectivity index (χ2n) is 6.77. The Labute approximate surface area is 115 Å². The van der Waals surface area contributed by atoms with Crippen molar-refractivity contribution in [2.75, 3.05) is 0 Å². The van der Waals surface area contributed by atoms with Crippen LogP contribution in [0.1, 0.15) is 65.7 Å². The van der Waals surface area contributed by atoms with Crippen molar-refractivity contribution in [1.29, 1.82) is 0 Å². The van der Waals surface area contributed by atoms with Gasteiger partial charge in [-0.25, -0.2) is 0 Å². The van der Waals surface area contributed by atoms with E-state index >= 15 is 0 Å². The maximum atomic E-state index is 12.2. The molecule has 0 saturated heterocycles. The van der Waals surface area contributed by atoms with Gasteiger partial charge in [0.2, 0.25) is 5.91 Å². The number of amidine groups is 1. The summed E-state index contributed by atoms with van der Waals surface area (Å²) < 4.78 is 0. The molecule has 1 fully saturated rings. The Hall–Kier alpha value is -1.26. The molecule has 5 heteroatoms. The van der Waals surface area contributed by atoms with Crippen LogP contribution in [-0.2, 0) is 4.79 Å². The van der Waals surface area contributed by atoms with Crippen LogP contribution in [0.4, 0.5) is 0 Å². The highest BCUT2D eigenvalue weighted by Crippen LogP contribution is 2.28. The minimum Gasteiger partial charge on any atom is -0.409 e. The molecule has 0 unspecified atom stereocenters. The average Bonchev–Trinajstić information content (AvgIpc) is 2.52. The number of hydrogen-bond donors (Lipinski definition) is 3. The first-order valence-electron chi connectivity index (χ1n) is 7.08. The van der Waals surface area contributed by atoms with Crippen LogP contribution in [-0.4, -0.2) is 22.5 Å². The summed E-state index contributed by atoms with van der Waals surface area (Å²) in [6, 6.07) is 0. The van der Waals surface area contributed by atoms with E-state index in [4.69, 9.17) is 10.9 Å². The lowest BCUT2D eigenvalue weighted by molar-refractivity contribution is -0.124. The lowest BCUT2D eigenvalue weighted by Gasteiger charge is -2.33. The SMILES string of the molecule is CC(C)(C)CC(=O)NC1(/C(N)=N/O)CCCCCC1. The van der Waals surface area contributed by atoms with Crippen molar-refractivity contribution >= 4 is 11.7 Å². The predicted octanol–water partition coefficient (Wildman–Crippen LogP) is 2.38. The van der Waals surface area contributed by atoms with Gasteiger partial charge in [0.05, 0.1) is 0 Å². The minimum atomic E-state index is -0.659. The van der Waals surface area contributed by atoms with Crippen molar-refractivity contribution in [3.05, 3.63) is 0 Å². The highest BCUT2D eigenvalue weighted by molar-refractivity contribution is 5.94. The third kappa shape index (κ3) is 4.73. The molecule has 1 aliphatic carbocycles. The van der Waals surface area contributed by atoms with Crippen molar-refractivity contribution in [2.24, 2.45) is 16.3 Å². The fourth-order valence-electron chi connectivity index (χ4n) is 2.67. The molecule has 19 heavy (non-hydrogen) atoms. The van der Waals surface area contributed by atoms with Crippen molar-refractivity contribution < 1.29 is 10.0 Å². The van der Waals surface area contributed by atoms with Crippen molar-refractivity contribution in [2.45, 2.75) is 71.3 Å². The van der Waals surface area contributed by atoms with E-state index in [1.165, 1.54) is 0 Å². The molecule has 0 atom stereocenters. The molecule has 1 amide bonds. The topological polar surface area (TPSA) is 87.7 Å². The average molecular weight is 269 g/mol. The zero-order valence-corrected chi connectivity index (χ0v) is 12.3. The number of carbonyl (C=O) groups is 1. The Kier molecular flexibility index (Phi) is 5.20. The first-order chi connectivity index (χ1) is 8.79. The fourth-order valence-corrected chi connectivity index (χ4v) is 2.67. The molecule has 1 rings (SSSR count). The molecule has 0 aliphatic heterocycles. The number of carbonyl (C=O) groups excluding carboxylic acids is 1. The van der Waals surface area contributed by atoms with E-state index in [2.05, 4.69) is 10.5 Å². The Morgan fingerprint density at radius 2 is 1.79 bits per heavy atom. The summed E-state index contributed by atoms with van der Waals surface area (Å²) in [7, 11) is 0. The van der Waals surface area contributed by atoms with E-state index in [1.807, 2.05) is 20.8 Å². The van der Waals surface area contributed by atoms with Crippen LogP contribution in [0.25, 0.3) is 0 Å². The third-order valence-corrected chi connectivity index (χ3v) is 3.62. The van der Waals surface area contributed by atoms with E-state index < -0.39 is 5.54 Å². The van der Waals surface area contributed by atoms with E-state index in [9.17, 15) is 4.79 Å². The van der Waals surface area contributed by atoms with Crippen LogP contribution < -0.4 is 11.1 Å². The Morgan fingerprint density at radius 3 is 2.21 bits per heavy atom. The summed E-state index contributed by atoms with van der Waals surface area (Å²) in [5.41, 5.74) is 5.12. The van der Waals surface area contributed by atoms with E-state index in [0.29, 0.717) is 6.42 Å². The van der Waals surface area contributed by atoms with Gasteiger partial charge in [0, 0.05) is 6.42 Å². The van der Waals surface area contributed by atoms with Gasteiger partial charge in [0.15, 0.2) is 5.84 Å². The van der Waals surface area contributed by atoms with Gasteiger partial charge in [-0.15, -0.1) is 0 Å². The Balaban J connectivity index is 2.83. The standard InChI is InChI=1S/C14H27N3O2/c1-13(2,3)10-11(18)16-14(12(15)17-19)8-6-4-5-7-9-14/h19H,4-10H2,1-3H3,(H2,15,17)(H,16,18). The summed E-state index contributed by atoms with van der Waals surface area (Å²) >= 11 is 0. The number of oxime groups is 1. The van der Waals surface area contributed by atoms with Crippen LogP contribution in [0.2, 0.25) is 0 Å². The van der Waals surface area contributed by atoms with Crippen molar-refractivity contribution in [3.8, 4) is 0 Å². The van der Waals surface area contributed by atoms with E-state index in [1.54, 1.807) is 0 Å². The highest BCUT2D eigenvalue weighted by Gasteiger charge is 2.37. The number of hydrogen-bond acceptors (Lipinski definition) is 3. The van der Waals surface area contributed by atoms with Crippen LogP contribution in [0.3, 0.4) is 0 Å². The Morgan fingerprint density at radius 1 is 1.26 bits per heavy atom. The first-order valence-corrected chi connectivity index (χ1v) is 7.08. The van der Waals surface area contributed by atoms with Crippen LogP contribution in [0.5, 0.6) is 0 Å². The van der Waals surface area contributed by atoms with Gasteiger partial charge in [-0.1, -0.05) is 51.6 Å². The molecule has 0 aromatic carbocycles. The van der Waals surface area contributed by atoms with Gasteiger partial charge in [0.25, 0.3) is 0 Å². The summed E-state index contributed by atoms with van der Waals surface area (Å²) in [4.78, 5) is 12.2. The number of nitrogens with two attached hydrogens (primary N) is 1. The van der Waals surface area contributed by atoms with E-state index in [0.717, 1.165) is 38.5 Å². The third-order valence-electron chi connectivity index (χ3n) is 3.62. The lowest BCUT2D eigenvalue weighted by Crippen LogP contribution is -2.57. The van der Waals surface area contributed by atoms with E-state index in [-0.39, 0.29) is 17.2 Å². The number of nitrogens with zero attached hydrogens (tertiary/aromatic N) is 1. The van der Waals surface area contributed by atoms with Gasteiger partial charge < -0.3 is 16.3 Å². The van der Waals surface area contributed by atoms with Gasteiger partial charge in [0.1, 0.15) is 5.54 Å². The molecule has 0 bridgehead atoms. The van der Waals surface area contributed by atoms with Gasteiger partial charge in [-0.3, -0.25) is 4.79 Å². The minimum absolute atomic E-state index is 0.0269. The van der Waals surface area contributed by atoms with Gasteiger partial charge >= 0.3 is 0 Å². The molecule has 5 nitrogen and oxygen atoms in total. The fraction of sp³-hybridized carbons (Fsp3) is 0.857. The summed E-state index contributed by atoms with van der Waals surface area (Å²) in [6.45, 7) is 6.07. The largest absolute Gasteiger partial charge is 0.409 e. The molecule has 0 aromatic rings. The molecule has 1 aliphatic rings. The zero-order chi connectivity index (χ0) is 14.5. The molecule has 0 heterocycles. The van der Waals surface area contributed by atoms with Crippen LogP contribution in [0, 0.1) is 5.41 Å². The quantitative estimate of drug-likeness (QED) is 0.242. The second-order valence-corrected chi connectivity index (χ2v) is 6.77. The van der Waals surface area contributed by atoms with Crippen LogP contribution in [0.15, 0.2) is 5.16 Å². The molecular weight excluding hydrogens is 242 g/mol. The maximum absolute atomic E-state index is 12.2. The summed E-state index contributed by atoms with van der Waals surface area (Å²) in [5, 5.41) is 15.2.